The third-order valence-corrected chi connectivity index (χ3v) is 12.5. The Balaban J connectivity index is 1.23. The fourth-order valence-electron chi connectivity index (χ4n) is 9.55. The molecule has 4 spiro atoms. The summed E-state index contributed by atoms with van der Waals surface area (Å²) < 4.78 is 4.25. The van der Waals surface area contributed by atoms with E-state index in [9.17, 15) is 10.1 Å². The number of nitrogens with zero attached hydrogens (tertiary/aromatic N) is 7. The molecule has 13 heteroatoms. The van der Waals surface area contributed by atoms with Gasteiger partial charge in [-0.15, -0.1) is 0 Å². The number of quaternary nitrogens is 4. The van der Waals surface area contributed by atoms with E-state index >= 15 is 0 Å². The lowest BCUT2D eigenvalue weighted by atomic mass is 9.95. The Kier molecular flexibility index (Phi) is 7.75. The fraction of sp³-hybridized carbons (Fsp3) is 0.862. The van der Waals surface area contributed by atoms with Gasteiger partial charge in [-0.2, -0.15) is 0 Å². The maximum atomic E-state index is 13.1. The number of hydrogen-bond acceptors (Lipinski definition) is 8. The highest BCUT2D eigenvalue weighted by Gasteiger charge is 2.54. The molecule has 42 heavy (non-hydrogen) atoms. The summed E-state index contributed by atoms with van der Waals surface area (Å²) in [6, 6.07) is -0.0206. The Bertz CT molecular complexity index is 1070. The van der Waals surface area contributed by atoms with Crippen molar-refractivity contribution in [1.29, 1.82) is 0 Å². The second-order valence-corrected chi connectivity index (χ2v) is 14.3. The largest absolute Gasteiger partial charge is 0.324 e. The van der Waals surface area contributed by atoms with Crippen molar-refractivity contribution < 1.29 is 22.9 Å². The molecule has 0 aliphatic carbocycles. The van der Waals surface area contributed by atoms with Gasteiger partial charge < -0.3 is 39.2 Å². The molecule has 1 aromatic heterocycles. The lowest BCUT2D eigenvalue weighted by Crippen LogP contribution is -2.73. The molecule has 232 valence electrons. The molecule has 0 aromatic carbocycles. The van der Waals surface area contributed by atoms with Crippen LogP contribution in [0, 0.1) is 17.0 Å². The SMILES string of the molecule is Cc1nc(C2CNCC[N+]23CC[N+]2(CCNCC2)CC3)c([N+](=O)[O-])c(C2CNCC[N+]23CC[N+]2(CCNCC2)CC3)n1. The summed E-state index contributed by atoms with van der Waals surface area (Å²) in [5.74, 6) is 0.684. The molecule has 6 fully saturated rings. The minimum absolute atomic E-state index is 0.0103. The molecular weight excluding hydrogens is 534 g/mol. The van der Waals surface area contributed by atoms with Gasteiger partial charge in [-0.3, -0.25) is 10.1 Å². The standard InChI is InChI=1S/C29H53N11O2/c1-24-34-27(25-22-32-6-12-39(25)18-14-37(15-19-39)8-2-30-3-9-37)29(36(41)42)28(35-24)26-23-33-7-13-40(26)20-16-38(17-21-40)10-4-31-5-11-38/h25-26,30-33H,2-23H2,1H3/q+4. The zero-order valence-corrected chi connectivity index (χ0v) is 25.7. The molecule has 6 aliphatic heterocycles. The summed E-state index contributed by atoms with van der Waals surface area (Å²) in [5.41, 5.74) is 1.59. The number of hydrogen-bond donors (Lipinski definition) is 4. The fourth-order valence-corrected chi connectivity index (χ4v) is 9.55. The Morgan fingerprint density at radius 3 is 1.36 bits per heavy atom. The summed E-state index contributed by atoms with van der Waals surface area (Å²) in [6.45, 7) is 25.5. The third-order valence-electron chi connectivity index (χ3n) is 12.5. The van der Waals surface area contributed by atoms with Crippen molar-refractivity contribution in [2.75, 3.05) is 144 Å². The zero-order chi connectivity index (χ0) is 28.8. The summed E-state index contributed by atoms with van der Waals surface area (Å²) in [7, 11) is 0. The van der Waals surface area contributed by atoms with E-state index in [1.807, 2.05) is 6.92 Å². The summed E-state index contributed by atoms with van der Waals surface area (Å²) >= 11 is 0. The van der Waals surface area contributed by atoms with E-state index in [4.69, 9.17) is 9.97 Å². The van der Waals surface area contributed by atoms with Crippen LogP contribution in [0.4, 0.5) is 5.69 Å². The first-order chi connectivity index (χ1) is 20.4. The van der Waals surface area contributed by atoms with Crippen LogP contribution in [0.5, 0.6) is 0 Å². The predicted molar refractivity (Wildman–Crippen MR) is 160 cm³/mol. The van der Waals surface area contributed by atoms with Crippen molar-refractivity contribution in [2.24, 2.45) is 0 Å². The molecule has 2 atom stereocenters. The number of aromatic nitrogens is 2. The molecule has 7 heterocycles. The van der Waals surface area contributed by atoms with Crippen molar-refractivity contribution in [3.05, 3.63) is 27.3 Å². The summed E-state index contributed by atoms with van der Waals surface area (Å²) in [5, 5.41) is 27.4. The van der Waals surface area contributed by atoms with Crippen molar-refractivity contribution >= 4 is 5.69 Å². The van der Waals surface area contributed by atoms with E-state index in [0.29, 0.717) is 17.2 Å². The van der Waals surface area contributed by atoms with Gasteiger partial charge in [0.1, 0.15) is 58.2 Å². The summed E-state index contributed by atoms with van der Waals surface area (Å²) in [6.07, 6.45) is 0. The number of nitrogens with one attached hydrogen (secondary N) is 4. The van der Waals surface area contributed by atoms with Gasteiger partial charge in [0.2, 0.25) is 0 Å². The molecule has 0 saturated carbocycles. The van der Waals surface area contributed by atoms with Gasteiger partial charge in [-0.25, -0.2) is 9.97 Å². The van der Waals surface area contributed by atoms with Crippen molar-refractivity contribution in [1.82, 2.24) is 31.2 Å². The highest BCUT2D eigenvalue weighted by molar-refractivity contribution is 5.44. The minimum Gasteiger partial charge on any atom is -0.312 e. The Morgan fingerprint density at radius 2 is 0.976 bits per heavy atom. The minimum atomic E-state index is -0.122. The average molecular weight is 588 g/mol. The van der Waals surface area contributed by atoms with Crippen LogP contribution in [0.3, 0.4) is 0 Å². The van der Waals surface area contributed by atoms with Gasteiger partial charge in [0.15, 0.2) is 23.5 Å². The van der Waals surface area contributed by atoms with Crippen LogP contribution in [-0.2, 0) is 0 Å². The summed E-state index contributed by atoms with van der Waals surface area (Å²) in [4.78, 5) is 22.9. The lowest BCUT2D eigenvalue weighted by molar-refractivity contribution is -1.05. The molecule has 1 aromatic rings. The van der Waals surface area contributed by atoms with Crippen LogP contribution >= 0.6 is 0 Å². The molecule has 4 N–H and O–H groups in total. The third kappa shape index (κ3) is 5.05. The molecule has 0 bridgehead atoms. The maximum Gasteiger partial charge on any atom is 0.324 e. The second kappa shape index (κ2) is 11.3. The predicted octanol–water partition coefficient (Wildman–Crippen LogP) is -1.52. The number of aryl methyl sites for hydroxylation is 1. The second-order valence-electron chi connectivity index (χ2n) is 14.3. The highest BCUT2D eigenvalue weighted by Crippen LogP contribution is 2.43. The Hall–Kier alpha value is -1.84. The molecule has 6 saturated heterocycles. The highest BCUT2D eigenvalue weighted by atomic mass is 16.6. The maximum absolute atomic E-state index is 13.1. The van der Waals surface area contributed by atoms with E-state index < -0.39 is 0 Å². The average Bonchev–Trinajstić information content (AvgIpc) is 3.01. The molecule has 0 amide bonds. The van der Waals surface area contributed by atoms with Gasteiger partial charge in [-0.05, 0) is 6.92 Å². The number of nitro groups is 1. The number of piperazine rings is 6. The van der Waals surface area contributed by atoms with Gasteiger partial charge in [0.25, 0.3) is 0 Å². The Morgan fingerprint density at radius 1 is 0.595 bits per heavy atom. The zero-order valence-electron chi connectivity index (χ0n) is 25.7. The normalized spacial score (nSPS) is 31.8. The molecule has 7 rings (SSSR count). The Labute approximate surface area is 250 Å². The van der Waals surface area contributed by atoms with Gasteiger partial charge in [-0.1, -0.05) is 0 Å². The van der Waals surface area contributed by atoms with Crippen molar-refractivity contribution in [2.45, 2.75) is 19.0 Å². The van der Waals surface area contributed by atoms with Crippen LogP contribution in [0.15, 0.2) is 0 Å². The van der Waals surface area contributed by atoms with Crippen LogP contribution < -0.4 is 21.3 Å². The molecule has 0 radical (unpaired) electrons. The van der Waals surface area contributed by atoms with E-state index in [-0.39, 0.29) is 22.7 Å². The molecular formula is C29H53N11O2+4. The quantitative estimate of drug-likeness (QED) is 0.192. The first kappa shape index (κ1) is 28.9. The van der Waals surface area contributed by atoms with Gasteiger partial charge >= 0.3 is 5.69 Å². The topological polar surface area (TPSA) is 117 Å². The van der Waals surface area contributed by atoms with E-state index in [1.165, 1.54) is 35.1 Å². The van der Waals surface area contributed by atoms with Crippen LogP contribution in [0.1, 0.15) is 29.3 Å². The van der Waals surface area contributed by atoms with E-state index in [2.05, 4.69) is 21.3 Å². The first-order valence-corrected chi connectivity index (χ1v) is 16.6. The first-order valence-electron chi connectivity index (χ1n) is 16.6. The molecule has 2 unspecified atom stereocenters. The van der Waals surface area contributed by atoms with Crippen LogP contribution in [0.2, 0.25) is 0 Å². The van der Waals surface area contributed by atoms with Gasteiger partial charge in [0, 0.05) is 39.3 Å². The lowest BCUT2D eigenvalue weighted by Gasteiger charge is -2.55. The van der Waals surface area contributed by atoms with E-state index in [1.54, 1.807) is 0 Å². The van der Waals surface area contributed by atoms with Crippen molar-refractivity contribution in [3.8, 4) is 0 Å². The smallest absolute Gasteiger partial charge is 0.312 e. The number of rotatable bonds is 3. The van der Waals surface area contributed by atoms with Crippen LogP contribution in [-0.4, -0.2) is 177 Å². The van der Waals surface area contributed by atoms with Gasteiger partial charge in [0.05, 0.1) is 57.3 Å². The molecule has 13 nitrogen and oxygen atoms in total. The molecule has 6 aliphatic rings. The van der Waals surface area contributed by atoms with Crippen LogP contribution in [0.25, 0.3) is 0 Å². The van der Waals surface area contributed by atoms with Crippen molar-refractivity contribution in [3.63, 3.8) is 0 Å². The monoisotopic (exact) mass is 587 g/mol. The van der Waals surface area contributed by atoms with E-state index in [0.717, 1.165) is 127 Å².